The molecule has 0 heterocycles. The molecule has 4 heteroatoms. The molecule has 0 bridgehead atoms. The first-order chi connectivity index (χ1) is 7.56. The minimum Gasteiger partial charge on any atom is -0.396 e. The molecular weight excluding hydrogens is 206 g/mol. The maximum Gasteiger partial charge on any atom is 0.105 e. The minimum atomic E-state index is -0.941. The van der Waals surface area contributed by atoms with E-state index in [0.29, 0.717) is 5.56 Å². The molecule has 2 atom stereocenters. The van der Waals surface area contributed by atoms with Gasteiger partial charge in [-0.15, -0.1) is 0 Å². The average Bonchev–Trinajstić information content (AvgIpc) is 2.28. The highest BCUT2D eigenvalue weighted by Crippen LogP contribution is 2.21. The zero-order valence-corrected chi connectivity index (χ0v) is 9.67. The van der Waals surface area contributed by atoms with Crippen molar-refractivity contribution < 1.29 is 15.3 Å². The van der Waals surface area contributed by atoms with Crippen LogP contribution in [-0.4, -0.2) is 42.1 Å². The monoisotopic (exact) mass is 225 g/mol. The molecule has 0 aromatic heterocycles. The van der Waals surface area contributed by atoms with Gasteiger partial charge >= 0.3 is 0 Å². The van der Waals surface area contributed by atoms with Gasteiger partial charge in [0.25, 0.3) is 0 Å². The van der Waals surface area contributed by atoms with Crippen LogP contribution < -0.4 is 4.90 Å². The molecule has 0 spiro atoms. The van der Waals surface area contributed by atoms with Gasteiger partial charge in [-0.1, -0.05) is 12.1 Å². The van der Waals surface area contributed by atoms with Crippen LogP contribution in [0.5, 0.6) is 0 Å². The van der Waals surface area contributed by atoms with E-state index < -0.39 is 12.2 Å². The van der Waals surface area contributed by atoms with Gasteiger partial charge in [0.15, 0.2) is 0 Å². The summed E-state index contributed by atoms with van der Waals surface area (Å²) in [5, 5.41) is 28.0. The van der Waals surface area contributed by atoms with Crippen molar-refractivity contribution in [1.82, 2.24) is 0 Å². The molecule has 0 saturated heterocycles. The summed E-state index contributed by atoms with van der Waals surface area (Å²) in [7, 11) is 3.87. The van der Waals surface area contributed by atoms with E-state index in [-0.39, 0.29) is 13.0 Å². The molecule has 0 saturated carbocycles. The van der Waals surface area contributed by atoms with Crippen molar-refractivity contribution in [2.45, 2.75) is 18.6 Å². The standard InChI is InChI=1S/C12H19NO3/c1-13(2)10-5-3-9(4-6-10)12(16)11(15)7-8-14/h3-6,11-12,14-16H,7-8H2,1-2H3. The molecule has 1 aromatic rings. The topological polar surface area (TPSA) is 63.9 Å². The van der Waals surface area contributed by atoms with Gasteiger partial charge in [-0.25, -0.2) is 0 Å². The van der Waals surface area contributed by atoms with Crippen LogP contribution in [0.1, 0.15) is 18.1 Å². The summed E-state index contributed by atoms with van der Waals surface area (Å²) in [6.07, 6.45) is -1.69. The summed E-state index contributed by atoms with van der Waals surface area (Å²) in [6.45, 7) is -0.131. The Morgan fingerprint density at radius 3 is 2.12 bits per heavy atom. The van der Waals surface area contributed by atoms with E-state index in [9.17, 15) is 10.2 Å². The second-order valence-corrected chi connectivity index (χ2v) is 4.01. The minimum absolute atomic E-state index is 0.131. The molecule has 0 aliphatic carbocycles. The van der Waals surface area contributed by atoms with Gasteiger partial charge in [-0.3, -0.25) is 0 Å². The molecule has 1 aromatic carbocycles. The number of aliphatic hydroxyl groups excluding tert-OH is 3. The van der Waals surface area contributed by atoms with E-state index in [1.54, 1.807) is 12.1 Å². The summed E-state index contributed by atoms with van der Waals surface area (Å²) in [4.78, 5) is 1.96. The van der Waals surface area contributed by atoms with Gasteiger partial charge < -0.3 is 20.2 Å². The van der Waals surface area contributed by atoms with Crippen LogP contribution in [0.15, 0.2) is 24.3 Å². The lowest BCUT2D eigenvalue weighted by Gasteiger charge is -2.18. The third kappa shape index (κ3) is 3.20. The molecule has 0 amide bonds. The van der Waals surface area contributed by atoms with Crippen molar-refractivity contribution in [2.75, 3.05) is 25.6 Å². The van der Waals surface area contributed by atoms with Crippen molar-refractivity contribution in [1.29, 1.82) is 0 Å². The van der Waals surface area contributed by atoms with Crippen molar-refractivity contribution >= 4 is 5.69 Å². The quantitative estimate of drug-likeness (QED) is 0.684. The molecule has 4 nitrogen and oxygen atoms in total. The predicted octanol–water partition coefficient (Wildman–Crippen LogP) is 0.529. The van der Waals surface area contributed by atoms with Crippen LogP contribution in [0, 0.1) is 0 Å². The number of hydrogen-bond donors (Lipinski definition) is 3. The SMILES string of the molecule is CN(C)c1ccc(C(O)C(O)CCO)cc1. The van der Waals surface area contributed by atoms with Gasteiger partial charge in [0, 0.05) is 26.4 Å². The van der Waals surface area contributed by atoms with Crippen molar-refractivity contribution in [3.8, 4) is 0 Å². The van der Waals surface area contributed by atoms with Crippen LogP contribution in [0.2, 0.25) is 0 Å². The third-order valence-corrected chi connectivity index (χ3v) is 2.54. The first-order valence-electron chi connectivity index (χ1n) is 5.30. The summed E-state index contributed by atoms with van der Waals surface area (Å²) in [5.41, 5.74) is 1.69. The number of benzene rings is 1. The van der Waals surface area contributed by atoms with Crippen molar-refractivity contribution in [3.05, 3.63) is 29.8 Å². The summed E-state index contributed by atoms with van der Waals surface area (Å²) >= 11 is 0. The average molecular weight is 225 g/mol. The van der Waals surface area contributed by atoms with E-state index >= 15 is 0 Å². The first kappa shape index (κ1) is 13.0. The maximum atomic E-state index is 9.77. The van der Waals surface area contributed by atoms with E-state index in [1.807, 2.05) is 31.1 Å². The highest BCUT2D eigenvalue weighted by molar-refractivity contribution is 5.46. The van der Waals surface area contributed by atoms with Crippen molar-refractivity contribution in [2.24, 2.45) is 0 Å². The van der Waals surface area contributed by atoms with E-state index in [0.717, 1.165) is 5.69 Å². The van der Waals surface area contributed by atoms with E-state index in [1.165, 1.54) is 0 Å². The molecule has 0 fully saturated rings. The maximum absolute atomic E-state index is 9.77. The smallest absolute Gasteiger partial charge is 0.105 e. The fourth-order valence-electron chi connectivity index (χ4n) is 1.48. The zero-order valence-electron chi connectivity index (χ0n) is 9.67. The van der Waals surface area contributed by atoms with E-state index in [4.69, 9.17) is 5.11 Å². The van der Waals surface area contributed by atoms with Crippen LogP contribution in [0.3, 0.4) is 0 Å². The Morgan fingerprint density at radius 1 is 1.12 bits per heavy atom. The Balaban J connectivity index is 2.73. The Labute approximate surface area is 95.8 Å². The van der Waals surface area contributed by atoms with Gasteiger partial charge in [-0.05, 0) is 24.1 Å². The molecule has 0 aliphatic rings. The Hall–Kier alpha value is -1.10. The van der Waals surface area contributed by atoms with Gasteiger partial charge in [0.2, 0.25) is 0 Å². The van der Waals surface area contributed by atoms with Gasteiger partial charge in [0.05, 0.1) is 6.10 Å². The van der Waals surface area contributed by atoms with Crippen molar-refractivity contribution in [3.63, 3.8) is 0 Å². The van der Waals surface area contributed by atoms with Crippen LogP contribution in [0.4, 0.5) is 5.69 Å². The Morgan fingerprint density at radius 2 is 1.69 bits per heavy atom. The fraction of sp³-hybridized carbons (Fsp3) is 0.500. The zero-order chi connectivity index (χ0) is 12.1. The highest BCUT2D eigenvalue weighted by atomic mass is 16.3. The fourth-order valence-corrected chi connectivity index (χ4v) is 1.48. The number of nitrogens with zero attached hydrogens (tertiary/aromatic N) is 1. The summed E-state index contributed by atoms with van der Waals surface area (Å²) in [5.74, 6) is 0. The van der Waals surface area contributed by atoms with Crippen LogP contribution >= 0.6 is 0 Å². The summed E-state index contributed by atoms with van der Waals surface area (Å²) < 4.78 is 0. The number of rotatable bonds is 5. The molecule has 16 heavy (non-hydrogen) atoms. The number of aliphatic hydroxyl groups is 3. The molecule has 0 aliphatic heterocycles. The first-order valence-corrected chi connectivity index (χ1v) is 5.30. The lowest BCUT2D eigenvalue weighted by molar-refractivity contribution is 0.00422. The Kier molecular flexibility index (Phi) is 4.73. The molecular formula is C12H19NO3. The van der Waals surface area contributed by atoms with E-state index in [2.05, 4.69) is 0 Å². The predicted molar refractivity (Wildman–Crippen MR) is 63.4 cm³/mol. The Bertz CT molecular complexity index is 311. The molecule has 2 unspecified atom stereocenters. The third-order valence-electron chi connectivity index (χ3n) is 2.54. The normalized spacial score (nSPS) is 14.6. The molecule has 0 radical (unpaired) electrons. The number of anilines is 1. The molecule has 3 N–H and O–H groups in total. The molecule has 1 rings (SSSR count). The highest BCUT2D eigenvalue weighted by Gasteiger charge is 2.17. The second-order valence-electron chi connectivity index (χ2n) is 4.01. The van der Waals surface area contributed by atoms with Crippen LogP contribution in [-0.2, 0) is 0 Å². The van der Waals surface area contributed by atoms with Crippen LogP contribution in [0.25, 0.3) is 0 Å². The van der Waals surface area contributed by atoms with Gasteiger partial charge in [0.1, 0.15) is 6.10 Å². The lowest BCUT2D eigenvalue weighted by atomic mass is 10.0. The summed E-state index contributed by atoms with van der Waals surface area (Å²) in [6, 6.07) is 7.32. The number of hydrogen-bond acceptors (Lipinski definition) is 4. The van der Waals surface area contributed by atoms with Gasteiger partial charge in [-0.2, -0.15) is 0 Å². The largest absolute Gasteiger partial charge is 0.396 e. The lowest BCUT2D eigenvalue weighted by Crippen LogP contribution is -2.19. The molecule has 90 valence electrons. The second kappa shape index (κ2) is 5.84.